The average molecular weight is 325 g/mol. The third-order valence-electron chi connectivity index (χ3n) is 5.09. The number of nitrogens with zero attached hydrogens (tertiary/aromatic N) is 3. The highest BCUT2D eigenvalue weighted by Crippen LogP contribution is 2.35. The molecule has 24 heavy (non-hydrogen) atoms. The third-order valence-corrected chi connectivity index (χ3v) is 5.09. The average Bonchev–Trinajstić information content (AvgIpc) is 3.01. The second-order valence-electron chi connectivity index (χ2n) is 6.54. The van der Waals surface area contributed by atoms with Crippen LogP contribution in [0.15, 0.2) is 35.0 Å². The standard InChI is InChI=1S/C18H19N3O3/c1-2-4-14-13(3-1)15-16(24-14)17(20-12-19-15)21-7-10-23-18(11-21)5-8-22-9-6-18/h1-4,12H,5-11H2. The van der Waals surface area contributed by atoms with Gasteiger partial charge in [0.2, 0.25) is 0 Å². The summed E-state index contributed by atoms with van der Waals surface area (Å²) in [4.78, 5) is 11.3. The number of morpholine rings is 1. The Morgan fingerprint density at radius 1 is 1.04 bits per heavy atom. The first-order valence-corrected chi connectivity index (χ1v) is 8.44. The molecule has 0 bridgehead atoms. The van der Waals surface area contributed by atoms with E-state index in [-0.39, 0.29) is 5.60 Å². The Hall–Kier alpha value is -2.18. The molecule has 2 fully saturated rings. The second-order valence-corrected chi connectivity index (χ2v) is 6.54. The number of benzene rings is 1. The zero-order valence-electron chi connectivity index (χ0n) is 13.4. The Kier molecular flexibility index (Phi) is 3.21. The van der Waals surface area contributed by atoms with Crippen molar-refractivity contribution in [3.8, 4) is 0 Å². The van der Waals surface area contributed by atoms with Crippen LogP contribution in [-0.2, 0) is 9.47 Å². The van der Waals surface area contributed by atoms with Crippen LogP contribution in [-0.4, -0.2) is 48.5 Å². The molecule has 0 radical (unpaired) electrons. The Bertz CT molecular complexity index is 880. The highest BCUT2D eigenvalue weighted by Gasteiger charge is 2.39. The minimum atomic E-state index is -0.125. The van der Waals surface area contributed by atoms with E-state index in [1.165, 1.54) is 0 Å². The lowest BCUT2D eigenvalue weighted by Crippen LogP contribution is -2.54. The van der Waals surface area contributed by atoms with Crippen LogP contribution < -0.4 is 4.90 Å². The summed E-state index contributed by atoms with van der Waals surface area (Å²) in [7, 11) is 0. The summed E-state index contributed by atoms with van der Waals surface area (Å²) >= 11 is 0. The third kappa shape index (κ3) is 2.17. The molecule has 0 unspecified atom stereocenters. The lowest BCUT2D eigenvalue weighted by atomic mass is 9.92. The zero-order valence-corrected chi connectivity index (χ0v) is 13.4. The maximum Gasteiger partial charge on any atom is 0.196 e. The molecule has 6 nitrogen and oxygen atoms in total. The van der Waals surface area contributed by atoms with E-state index in [1.54, 1.807) is 6.33 Å². The van der Waals surface area contributed by atoms with Gasteiger partial charge < -0.3 is 18.8 Å². The summed E-state index contributed by atoms with van der Waals surface area (Å²) in [5, 5.41) is 1.03. The zero-order chi connectivity index (χ0) is 16.0. The van der Waals surface area contributed by atoms with Crippen LogP contribution in [0.25, 0.3) is 22.1 Å². The molecule has 2 aromatic heterocycles. The van der Waals surface area contributed by atoms with Crippen molar-refractivity contribution < 1.29 is 13.9 Å². The van der Waals surface area contributed by atoms with Crippen molar-refractivity contribution in [3.63, 3.8) is 0 Å². The van der Waals surface area contributed by atoms with Crippen LogP contribution in [0.1, 0.15) is 12.8 Å². The number of anilines is 1. The van der Waals surface area contributed by atoms with E-state index in [9.17, 15) is 0 Å². The number of furan rings is 1. The Morgan fingerprint density at radius 2 is 1.92 bits per heavy atom. The van der Waals surface area contributed by atoms with Gasteiger partial charge in [0.25, 0.3) is 0 Å². The van der Waals surface area contributed by atoms with Gasteiger partial charge in [0.05, 0.1) is 12.2 Å². The molecule has 1 aromatic carbocycles. The fourth-order valence-electron chi connectivity index (χ4n) is 3.81. The summed E-state index contributed by atoms with van der Waals surface area (Å²) in [5.41, 5.74) is 2.37. The summed E-state index contributed by atoms with van der Waals surface area (Å²) in [6.07, 6.45) is 3.49. The van der Waals surface area contributed by atoms with Gasteiger partial charge in [0.15, 0.2) is 11.4 Å². The smallest absolute Gasteiger partial charge is 0.196 e. The van der Waals surface area contributed by atoms with Crippen molar-refractivity contribution in [3.05, 3.63) is 30.6 Å². The van der Waals surface area contributed by atoms with Crippen LogP contribution in [0.3, 0.4) is 0 Å². The molecule has 2 aliphatic heterocycles. The molecule has 3 aromatic rings. The quantitative estimate of drug-likeness (QED) is 0.685. The number of ether oxygens (including phenoxy) is 2. The van der Waals surface area contributed by atoms with Gasteiger partial charge in [0, 0.05) is 44.5 Å². The summed E-state index contributed by atoms with van der Waals surface area (Å²) < 4.78 is 17.7. The second kappa shape index (κ2) is 5.43. The molecule has 124 valence electrons. The van der Waals surface area contributed by atoms with Crippen LogP contribution >= 0.6 is 0 Å². The summed E-state index contributed by atoms with van der Waals surface area (Å²) in [6, 6.07) is 7.99. The largest absolute Gasteiger partial charge is 0.450 e. The van der Waals surface area contributed by atoms with E-state index in [2.05, 4.69) is 14.9 Å². The van der Waals surface area contributed by atoms with E-state index in [4.69, 9.17) is 13.9 Å². The number of para-hydroxylation sites is 1. The number of aromatic nitrogens is 2. The first kappa shape index (κ1) is 14.2. The molecule has 0 amide bonds. The highest BCUT2D eigenvalue weighted by molar-refractivity contribution is 6.05. The summed E-state index contributed by atoms with van der Waals surface area (Å²) in [5.74, 6) is 0.866. The number of hydrogen-bond acceptors (Lipinski definition) is 6. The lowest BCUT2D eigenvalue weighted by Gasteiger charge is -2.45. The summed E-state index contributed by atoms with van der Waals surface area (Å²) in [6.45, 7) is 3.85. The van der Waals surface area contributed by atoms with Crippen molar-refractivity contribution in [2.45, 2.75) is 18.4 Å². The van der Waals surface area contributed by atoms with Gasteiger partial charge in [-0.15, -0.1) is 0 Å². The topological polar surface area (TPSA) is 60.6 Å². The first-order valence-electron chi connectivity index (χ1n) is 8.44. The molecule has 2 aliphatic rings. The van der Waals surface area contributed by atoms with Crippen molar-refractivity contribution in [2.24, 2.45) is 0 Å². The molecular weight excluding hydrogens is 306 g/mol. The van der Waals surface area contributed by atoms with Gasteiger partial charge in [-0.3, -0.25) is 0 Å². The molecule has 1 spiro atoms. The van der Waals surface area contributed by atoms with Gasteiger partial charge in [-0.1, -0.05) is 12.1 Å². The number of rotatable bonds is 1. The van der Waals surface area contributed by atoms with E-state index in [0.29, 0.717) is 6.61 Å². The first-order chi connectivity index (χ1) is 11.8. The van der Waals surface area contributed by atoms with Gasteiger partial charge in [-0.25, -0.2) is 9.97 Å². The Balaban J connectivity index is 1.58. The van der Waals surface area contributed by atoms with Crippen molar-refractivity contribution >= 4 is 27.9 Å². The molecule has 0 saturated carbocycles. The van der Waals surface area contributed by atoms with E-state index in [1.807, 2.05) is 24.3 Å². The van der Waals surface area contributed by atoms with Gasteiger partial charge in [0.1, 0.15) is 17.4 Å². The normalized spacial score (nSPS) is 20.9. The van der Waals surface area contributed by atoms with Crippen LogP contribution in [0, 0.1) is 0 Å². The molecule has 2 saturated heterocycles. The monoisotopic (exact) mass is 325 g/mol. The molecule has 0 N–H and O–H groups in total. The van der Waals surface area contributed by atoms with Crippen LogP contribution in [0.2, 0.25) is 0 Å². The van der Waals surface area contributed by atoms with Gasteiger partial charge >= 0.3 is 0 Å². The number of hydrogen-bond donors (Lipinski definition) is 0. The van der Waals surface area contributed by atoms with Crippen molar-refractivity contribution in [1.29, 1.82) is 0 Å². The minimum absolute atomic E-state index is 0.125. The van der Waals surface area contributed by atoms with E-state index in [0.717, 1.165) is 67.0 Å². The SMILES string of the molecule is c1ccc2c(c1)oc1c(N3CCOC4(CCOCC4)C3)ncnc12. The maximum atomic E-state index is 6.13. The van der Waals surface area contributed by atoms with Crippen molar-refractivity contribution in [1.82, 2.24) is 9.97 Å². The lowest BCUT2D eigenvalue weighted by molar-refractivity contribution is -0.116. The van der Waals surface area contributed by atoms with Gasteiger partial charge in [-0.05, 0) is 12.1 Å². The molecule has 0 aliphatic carbocycles. The van der Waals surface area contributed by atoms with Gasteiger partial charge in [-0.2, -0.15) is 0 Å². The van der Waals surface area contributed by atoms with Crippen LogP contribution in [0.5, 0.6) is 0 Å². The molecule has 4 heterocycles. The fraction of sp³-hybridized carbons (Fsp3) is 0.444. The highest BCUT2D eigenvalue weighted by atomic mass is 16.5. The minimum Gasteiger partial charge on any atom is -0.450 e. The molecule has 0 atom stereocenters. The van der Waals surface area contributed by atoms with Crippen LogP contribution in [0.4, 0.5) is 5.82 Å². The number of fused-ring (bicyclic) bond motifs is 3. The Labute approximate surface area is 139 Å². The van der Waals surface area contributed by atoms with E-state index >= 15 is 0 Å². The maximum absolute atomic E-state index is 6.13. The molecule has 5 rings (SSSR count). The molecular formula is C18H19N3O3. The van der Waals surface area contributed by atoms with E-state index < -0.39 is 0 Å². The van der Waals surface area contributed by atoms with Crippen molar-refractivity contribution in [2.75, 3.05) is 37.8 Å². The predicted octanol–water partition coefficient (Wildman–Crippen LogP) is 2.76. The predicted molar refractivity (Wildman–Crippen MR) is 90.3 cm³/mol. The molecule has 6 heteroatoms. The Morgan fingerprint density at radius 3 is 2.83 bits per heavy atom. The fourth-order valence-corrected chi connectivity index (χ4v) is 3.81.